The van der Waals surface area contributed by atoms with E-state index >= 15 is 0 Å². The predicted octanol–water partition coefficient (Wildman–Crippen LogP) is 2.87. The number of benzene rings is 1. The van der Waals surface area contributed by atoms with Crippen molar-refractivity contribution in [3.8, 4) is 11.1 Å². The Morgan fingerprint density at radius 3 is 2.92 bits per heavy atom. The van der Waals surface area contributed by atoms with E-state index in [-0.39, 0.29) is 5.82 Å². The molecule has 0 bridgehead atoms. The highest BCUT2D eigenvalue weighted by atomic mass is 35.5. The van der Waals surface area contributed by atoms with Gasteiger partial charge in [-0.3, -0.25) is 5.10 Å². The molecule has 4 heteroatoms. The highest BCUT2D eigenvalue weighted by Gasteiger charge is 2.05. The maximum atomic E-state index is 12.8. The fourth-order valence-electron chi connectivity index (χ4n) is 1.12. The zero-order chi connectivity index (χ0) is 9.26. The van der Waals surface area contributed by atoms with Crippen LogP contribution in [-0.4, -0.2) is 10.2 Å². The van der Waals surface area contributed by atoms with Gasteiger partial charge in [-0.05, 0) is 18.2 Å². The van der Waals surface area contributed by atoms with Crippen LogP contribution in [0.25, 0.3) is 11.1 Å². The van der Waals surface area contributed by atoms with Crippen LogP contribution >= 0.6 is 11.6 Å². The third-order valence-corrected chi connectivity index (χ3v) is 2.07. The first-order valence-corrected chi connectivity index (χ1v) is 4.09. The standard InChI is InChI=1S/C9H6ClFN2/c10-9-2-1-7(11)3-8(9)6-4-12-13-5-6/h1-5H,(H,12,13). The Kier molecular flexibility index (Phi) is 2.02. The van der Waals surface area contributed by atoms with Crippen molar-refractivity contribution >= 4 is 11.6 Å². The maximum absolute atomic E-state index is 12.8. The molecule has 2 nitrogen and oxygen atoms in total. The average Bonchev–Trinajstić information content (AvgIpc) is 2.61. The molecule has 66 valence electrons. The van der Waals surface area contributed by atoms with Crippen LogP contribution in [0, 0.1) is 5.82 Å². The fraction of sp³-hybridized carbons (Fsp3) is 0. The first kappa shape index (κ1) is 8.26. The van der Waals surface area contributed by atoms with Crippen LogP contribution in [0.1, 0.15) is 0 Å². The second-order valence-electron chi connectivity index (χ2n) is 2.61. The third-order valence-electron chi connectivity index (χ3n) is 1.74. The van der Waals surface area contributed by atoms with Gasteiger partial charge in [0.25, 0.3) is 0 Å². The summed E-state index contributed by atoms with van der Waals surface area (Å²) < 4.78 is 12.8. The van der Waals surface area contributed by atoms with Crippen molar-refractivity contribution in [2.75, 3.05) is 0 Å². The fourth-order valence-corrected chi connectivity index (χ4v) is 1.34. The first-order chi connectivity index (χ1) is 6.27. The molecule has 0 fully saturated rings. The van der Waals surface area contributed by atoms with Crippen molar-refractivity contribution < 1.29 is 4.39 Å². The molecule has 0 aliphatic carbocycles. The van der Waals surface area contributed by atoms with E-state index < -0.39 is 0 Å². The second kappa shape index (κ2) is 3.18. The predicted molar refractivity (Wildman–Crippen MR) is 49.0 cm³/mol. The third kappa shape index (κ3) is 1.55. The van der Waals surface area contributed by atoms with Gasteiger partial charge in [-0.2, -0.15) is 5.10 Å². The van der Waals surface area contributed by atoms with Crippen molar-refractivity contribution in [2.45, 2.75) is 0 Å². The highest BCUT2D eigenvalue weighted by molar-refractivity contribution is 6.33. The van der Waals surface area contributed by atoms with Gasteiger partial charge in [0, 0.05) is 22.3 Å². The van der Waals surface area contributed by atoms with Crippen LogP contribution in [0.5, 0.6) is 0 Å². The molecular weight excluding hydrogens is 191 g/mol. The van der Waals surface area contributed by atoms with E-state index in [4.69, 9.17) is 11.6 Å². The van der Waals surface area contributed by atoms with Gasteiger partial charge in [0.05, 0.1) is 6.20 Å². The molecule has 0 radical (unpaired) electrons. The van der Waals surface area contributed by atoms with E-state index in [1.165, 1.54) is 18.2 Å². The second-order valence-corrected chi connectivity index (χ2v) is 3.02. The number of aromatic amines is 1. The summed E-state index contributed by atoms with van der Waals surface area (Å²) in [4.78, 5) is 0. The van der Waals surface area contributed by atoms with Gasteiger partial charge in [-0.1, -0.05) is 11.6 Å². The van der Waals surface area contributed by atoms with Gasteiger partial charge in [-0.15, -0.1) is 0 Å². The molecule has 2 aromatic rings. The molecule has 13 heavy (non-hydrogen) atoms. The Morgan fingerprint density at radius 2 is 2.23 bits per heavy atom. The van der Waals surface area contributed by atoms with E-state index in [0.717, 1.165) is 5.56 Å². The SMILES string of the molecule is Fc1ccc(Cl)c(-c2cn[nH]c2)c1. The van der Waals surface area contributed by atoms with E-state index in [2.05, 4.69) is 10.2 Å². The summed E-state index contributed by atoms with van der Waals surface area (Å²) in [5.74, 6) is -0.305. The minimum atomic E-state index is -0.305. The molecule has 1 heterocycles. The summed E-state index contributed by atoms with van der Waals surface area (Å²) in [5, 5.41) is 6.92. The summed E-state index contributed by atoms with van der Waals surface area (Å²) in [6.45, 7) is 0. The number of halogens is 2. The number of hydrogen-bond acceptors (Lipinski definition) is 1. The molecule has 2 rings (SSSR count). The molecule has 0 atom stereocenters. The van der Waals surface area contributed by atoms with Crippen LogP contribution in [0.2, 0.25) is 5.02 Å². The Labute approximate surface area is 79.4 Å². The number of rotatable bonds is 1. The van der Waals surface area contributed by atoms with Gasteiger partial charge < -0.3 is 0 Å². The van der Waals surface area contributed by atoms with Crippen LogP contribution in [0.3, 0.4) is 0 Å². The number of H-pyrrole nitrogens is 1. The van der Waals surface area contributed by atoms with Crippen molar-refractivity contribution in [3.05, 3.63) is 41.4 Å². The smallest absolute Gasteiger partial charge is 0.123 e. The Balaban J connectivity index is 2.57. The number of aromatic nitrogens is 2. The highest BCUT2D eigenvalue weighted by Crippen LogP contribution is 2.27. The van der Waals surface area contributed by atoms with Crippen LogP contribution in [-0.2, 0) is 0 Å². The number of nitrogens with one attached hydrogen (secondary N) is 1. The largest absolute Gasteiger partial charge is 0.285 e. The van der Waals surface area contributed by atoms with Crippen molar-refractivity contribution in [2.24, 2.45) is 0 Å². The zero-order valence-corrected chi connectivity index (χ0v) is 7.35. The van der Waals surface area contributed by atoms with Gasteiger partial charge in [0.1, 0.15) is 5.82 Å². The lowest BCUT2D eigenvalue weighted by Gasteiger charge is -1.99. The lowest BCUT2D eigenvalue weighted by molar-refractivity contribution is 0.628. The monoisotopic (exact) mass is 196 g/mol. The quantitative estimate of drug-likeness (QED) is 0.747. The molecule has 1 aromatic heterocycles. The normalized spacial score (nSPS) is 10.3. The Bertz CT molecular complexity index is 412. The van der Waals surface area contributed by atoms with Crippen LogP contribution < -0.4 is 0 Å². The summed E-state index contributed by atoms with van der Waals surface area (Å²) in [6.07, 6.45) is 3.27. The molecule has 0 aliphatic heterocycles. The zero-order valence-electron chi connectivity index (χ0n) is 6.59. The van der Waals surface area contributed by atoms with Crippen molar-refractivity contribution in [1.29, 1.82) is 0 Å². The van der Waals surface area contributed by atoms with Crippen molar-refractivity contribution in [1.82, 2.24) is 10.2 Å². The molecule has 1 N–H and O–H groups in total. The topological polar surface area (TPSA) is 28.7 Å². The molecular formula is C9H6ClFN2. The average molecular weight is 197 g/mol. The maximum Gasteiger partial charge on any atom is 0.123 e. The molecule has 0 saturated carbocycles. The summed E-state index contributed by atoms with van der Waals surface area (Å²) in [5.41, 5.74) is 1.43. The first-order valence-electron chi connectivity index (χ1n) is 3.71. The summed E-state index contributed by atoms with van der Waals surface area (Å²) in [6, 6.07) is 4.23. The van der Waals surface area contributed by atoms with Gasteiger partial charge in [0.15, 0.2) is 0 Å². The Hall–Kier alpha value is -1.35. The molecule has 0 spiro atoms. The molecule has 0 saturated heterocycles. The van der Waals surface area contributed by atoms with Gasteiger partial charge in [0.2, 0.25) is 0 Å². The lowest BCUT2D eigenvalue weighted by atomic mass is 10.1. The minimum Gasteiger partial charge on any atom is -0.285 e. The van der Waals surface area contributed by atoms with E-state index in [0.29, 0.717) is 10.6 Å². The summed E-state index contributed by atoms with van der Waals surface area (Å²) in [7, 11) is 0. The van der Waals surface area contributed by atoms with Crippen molar-refractivity contribution in [3.63, 3.8) is 0 Å². The van der Waals surface area contributed by atoms with Gasteiger partial charge >= 0.3 is 0 Å². The molecule has 0 amide bonds. The minimum absolute atomic E-state index is 0.305. The number of hydrogen-bond donors (Lipinski definition) is 1. The van der Waals surface area contributed by atoms with E-state index in [1.807, 2.05) is 0 Å². The lowest BCUT2D eigenvalue weighted by Crippen LogP contribution is -1.79. The molecule has 0 aliphatic rings. The summed E-state index contributed by atoms with van der Waals surface area (Å²) >= 11 is 5.88. The van der Waals surface area contributed by atoms with Gasteiger partial charge in [-0.25, -0.2) is 4.39 Å². The molecule has 1 aromatic carbocycles. The van der Waals surface area contributed by atoms with Crippen LogP contribution in [0.4, 0.5) is 4.39 Å². The van der Waals surface area contributed by atoms with Crippen LogP contribution in [0.15, 0.2) is 30.6 Å². The molecule has 0 unspecified atom stereocenters. The van der Waals surface area contributed by atoms with E-state index in [9.17, 15) is 4.39 Å². The van der Waals surface area contributed by atoms with E-state index in [1.54, 1.807) is 12.4 Å². The Morgan fingerprint density at radius 1 is 1.38 bits per heavy atom. The number of nitrogens with zero attached hydrogens (tertiary/aromatic N) is 1.